The van der Waals surface area contributed by atoms with E-state index in [9.17, 15) is 19.2 Å². The average Bonchev–Trinajstić information content (AvgIpc) is 3.30. The molecule has 3 aliphatic heterocycles. The van der Waals surface area contributed by atoms with Gasteiger partial charge in [-0.3, -0.25) is 29.4 Å². The lowest BCUT2D eigenvalue weighted by Crippen LogP contribution is -2.54. The summed E-state index contributed by atoms with van der Waals surface area (Å²) < 4.78 is 0. The number of carbonyl (C=O) groups excluding carboxylic acids is 4. The molecule has 0 bridgehead atoms. The molecule has 152 valence electrons. The first-order chi connectivity index (χ1) is 14.5. The predicted molar refractivity (Wildman–Crippen MR) is 109 cm³/mol. The number of nitrogens with zero attached hydrogens (tertiary/aromatic N) is 1. The number of hydrogen-bond acceptors (Lipinski definition) is 6. The van der Waals surface area contributed by atoms with Gasteiger partial charge in [0.15, 0.2) is 0 Å². The van der Waals surface area contributed by atoms with E-state index < -0.39 is 23.8 Å². The van der Waals surface area contributed by atoms with E-state index in [1.165, 1.54) is 5.56 Å². The fourth-order valence-corrected chi connectivity index (χ4v) is 4.33. The summed E-state index contributed by atoms with van der Waals surface area (Å²) in [6.45, 7) is 1.29. The van der Waals surface area contributed by atoms with Crippen LogP contribution >= 0.6 is 0 Å². The van der Waals surface area contributed by atoms with Crippen LogP contribution in [0.3, 0.4) is 0 Å². The minimum atomic E-state index is -0.960. The van der Waals surface area contributed by atoms with Crippen LogP contribution in [-0.4, -0.2) is 41.1 Å². The van der Waals surface area contributed by atoms with Gasteiger partial charge in [-0.2, -0.15) is 0 Å². The normalized spacial score (nSPS) is 20.0. The number of rotatable bonds is 4. The van der Waals surface area contributed by atoms with E-state index in [0.29, 0.717) is 23.2 Å². The predicted octanol–water partition coefficient (Wildman–Crippen LogP) is 1.67. The Bertz CT molecular complexity index is 1110. The zero-order chi connectivity index (χ0) is 20.8. The second-order valence-corrected chi connectivity index (χ2v) is 7.69. The van der Waals surface area contributed by atoms with Crippen molar-refractivity contribution in [2.45, 2.75) is 31.8 Å². The van der Waals surface area contributed by atoms with Crippen molar-refractivity contribution >= 4 is 35.0 Å². The number of carbonyl (C=O) groups is 4. The molecule has 1 unspecified atom stereocenters. The van der Waals surface area contributed by atoms with Crippen molar-refractivity contribution in [3.05, 3.63) is 58.7 Å². The summed E-state index contributed by atoms with van der Waals surface area (Å²) in [7, 11) is 0. The van der Waals surface area contributed by atoms with Crippen LogP contribution in [0, 0.1) is 0 Å². The third-order valence-corrected chi connectivity index (χ3v) is 5.86. The Hall–Kier alpha value is -3.68. The van der Waals surface area contributed by atoms with Crippen LogP contribution < -0.4 is 16.0 Å². The first-order valence-corrected chi connectivity index (χ1v) is 9.97. The first kappa shape index (κ1) is 18.4. The van der Waals surface area contributed by atoms with Crippen molar-refractivity contribution in [2.75, 3.05) is 17.2 Å². The Morgan fingerprint density at radius 2 is 1.90 bits per heavy atom. The molecule has 0 saturated carbocycles. The van der Waals surface area contributed by atoms with Crippen LogP contribution in [0.25, 0.3) is 0 Å². The van der Waals surface area contributed by atoms with Gasteiger partial charge in [0.2, 0.25) is 11.8 Å². The van der Waals surface area contributed by atoms with Crippen LogP contribution in [0.1, 0.15) is 44.7 Å². The lowest BCUT2D eigenvalue weighted by atomic mass is 10.0. The maximum absolute atomic E-state index is 13.1. The number of nitrogens with one attached hydrogen (secondary N) is 3. The second kappa shape index (κ2) is 6.98. The summed E-state index contributed by atoms with van der Waals surface area (Å²) in [5, 5.41) is 8.87. The van der Waals surface area contributed by atoms with Crippen molar-refractivity contribution in [3.63, 3.8) is 0 Å². The molecule has 0 spiro atoms. The number of amides is 4. The van der Waals surface area contributed by atoms with Crippen LogP contribution in [0.2, 0.25) is 0 Å². The lowest BCUT2D eigenvalue weighted by Gasteiger charge is -2.27. The summed E-state index contributed by atoms with van der Waals surface area (Å²) in [5.74, 6) is -1.97. The number of anilines is 2. The van der Waals surface area contributed by atoms with E-state index in [-0.39, 0.29) is 18.7 Å². The molecule has 2 aromatic carbocycles. The minimum absolute atomic E-state index is 0.102. The number of piperidine rings is 1. The monoisotopic (exact) mass is 404 g/mol. The molecule has 3 heterocycles. The van der Waals surface area contributed by atoms with Gasteiger partial charge >= 0.3 is 0 Å². The third kappa shape index (κ3) is 2.92. The minimum Gasteiger partial charge on any atom is -0.384 e. The van der Waals surface area contributed by atoms with E-state index >= 15 is 0 Å². The SMILES string of the molecule is O=C1CCC(N2C(=O)c3cccc(CNc4ccc5c(c4)NCC5)c3C2=O)C(=O)N1. The zero-order valence-corrected chi connectivity index (χ0v) is 16.2. The molecule has 3 N–H and O–H groups in total. The summed E-state index contributed by atoms with van der Waals surface area (Å²) in [6.07, 6.45) is 1.25. The van der Waals surface area contributed by atoms with Gasteiger partial charge in [0.05, 0.1) is 11.1 Å². The number of hydrogen-bond donors (Lipinski definition) is 3. The summed E-state index contributed by atoms with van der Waals surface area (Å²) >= 11 is 0. The first-order valence-electron chi connectivity index (χ1n) is 9.97. The fourth-order valence-electron chi connectivity index (χ4n) is 4.33. The molecule has 5 rings (SSSR count). The van der Waals surface area contributed by atoms with Crippen molar-refractivity contribution in [3.8, 4) is 0 Å². The van der Waals surface area contributed by atoms with Gasteiger partial charge < -0.3 is 10.6 Å². The second-order valence-electron chi connectivity index (χ2n) is 7.69. The molecule has 0 radical (unpaired) electrons. The molecule has 4 amide bonds. The molecule has 2 aromatic rings. The molecule has 30 heavy (non-hydrogen) atoms. The summed E-state index contributed by atoms with van der Waals surface area (Å²) in [4.78, 5) is 50.7. The molecule has 8 nitrogen and oxygen atoms in total. The molecule has 1 atom stereocenters. The molecular weight excluding hydrogens is 384 g/mol. The van der Waals surface area contributed by atoms with Gasteiger partial charge in [0.25, 0.3) is 11.8 Å². The van der Waals surface area contributed by atoms with Gasteiger partial charge in [-0.1, -0.05) is 18.2 Å². The largest absolute Gasteiger partial charge is 0.384 e. The highest BCUT2D eigenvalue weighted by molar-refractivity contribution is 6.24. The van der Waals surface area contributed by atoms with Gasteiger partial charge in [0.1, 0.15) is 6.04 Å². The van der Waals surface area contributed by atoms with Gasteiger partial charge in [0, 0.05) is 30.9 Å². The Morgan fingerprint density at radius 3 is 2.73 bits per heavy atom. The van der Waals surface area contributed by atoms with Gasteiger partial charge in [-0.15, -0.1) is 0 Å². The van der Waals surface area contributed by atoms with Crippen LogP contribution in [0.4, 0.5) is 11.4 Å². The van der Waals surface area contributed by atoms with E-state index in [0.717, 1.165) is 29.2 Å². The highest BCUT2D eigenvalue weighted by Gasteiger charge is 2.45. The topological polar surface area (TPSA) is 108 Å². The average molecular weight is 404 g/mol. The van der Waals surface area contributed by atoms with Crippen molar-refractivity contribution in [1.82, 2.24) is 10.2 Å². The molecular formula is C22H20N4O4. The lowest BCUT2D eigenvalue weighted by molar-refractivity contribution is -0.136. The molecule has 8 heteroatoms. The fraction of sp³-hybridized carbons (Fsp3) is 0.273. The number of benzene rings is 2. The summed E-state index contributed by atoms with van der Waals surface area (Å²) in [6, 6.07) is 10.3. The van der Waals surface area contributed by atoms with E-state index in [2.05, 4.69) is 22.0 Å². The van der Waals surface area contributed by atoms with E-state index in [1.54, 1.807) is 18.2 Å². The van der Waals surface area contributed by atoms with E-state index in [4.69, 9.17) is 0 Å². The standard InChI is InChI=1S/C22H20N4O4/c27-18-7-6-17(20(28)25-18)26-21(29)15-3-1-2-13(19(15)22(26)30)11-24-14-5-4-12-8-9-23-16(12)10-14/h1-5,10,17,23-24H,6-9,11H2,(H,25,27,28). The highest BCUT2D eigenvalue weighted by Crippen LogP contribution is 2.31. The number of fused-ring (bicyclic) bond motifs is 2. The summed E-state index contributed by atoms with van der Waals surface area (Å²) in [5.41, 5.74) is 4.60. The third-order valence-electron chi connectivity index (χ3n) is 5.86. The number of imide groups is 2. The highest BCUT2D eigenvalue weighted by atomic mass is 16.2. The van der Waals surface area contributed by atoms with E-state index in [1.807, 2.05) is 12.1 Å². The zero-order valence-electron chi connectivity index (χ0n) is 16.2. The van der Waals surface area contributed by atoms with Crippen LogP contribution in [-0.2, 0) is 22.6 Å². The van der Waals surface area contributed by atoms with Crippen molar-refractivity contribution in [2.24, 2.45) is 0 Å². The Labute approximate surface area is 172 Å². The Balaban J connectivity index is 1.39. The quantitative estimate of drug-likeness (QED) is 0.669. The molecule has 1 saturated heterocycles. The van der Waals surface area contributed by atoms with Crippen LogP contribution in [0.5, 0.6) is 0 Å². The van der Waals surface area contributed by atoms with Crippen molar-refractivity contribution < 1.29 is 19.2 Å². The molecule has 0 aliphatic carbocycles. The molecule has 0 aromatic heterocycles. The van der Waals surface area contributed by atoms with Gasteiger partial charge in [-0.25, -0.2) is 0 Å². The molecule has 1 fully saturated rings. The smallest absolute Gasteiger partial charge is 0.262 e. The maximum atomic E-state index is 13.1. The Morgan fingerprint density at radius 1 is 1.03 bits per heavy atom. The van der Waals surface area contributed by atoms with Gasteiger partial charge in [-0.05, 0) is 42.2 Å². The van der Waals surface area contributed by atoms with Crippen LogP contribution in [0.15, 0.2) is 36.4 Å². The Kier molecular flexibility index (Phi) is 4.27. The molecule has 3 aliphatic rings. The van der Waals surface area contributed by atoms with Crippen molar-refractivity contribution in [1.29, 1.82) is 0 Å². The maximum Gasteiger partial charge on any atom is 0.262 e.